The Bertz CT molecular complexity index is 327. The molecule has 4 unspecified atom stereocenters. The number of ether oxygens (including phenoxy) is 1. The predicted octanol–water partition coefficient (Wildman–Crippen LogP) is 2.55. The summed E-state index contributed by atoms with van der Waals surface area (Å²) in [6.45, 7) is 5.57. The van der Waals surface area contributed by atoms with Gasteiger partial charge in [-0.05, 0) is 33.1 Å². The summed E-state index contributed by atoms with van der Waals surface area (Å²) < 4.78 is 44.9. The van der Waals surface area contributed by atoms with Crippen LogP contribution in [0.3, 0.4) is 0 Å². The van der Waals surface area contributed by atoms with Crippen molar-refractivity contribution in [3.05, 3.63) is 0 Å². The van der Waals surface area contributed by atoms with Crippen molar-refractivity contribution in [2.45, 2.75) is 63.5 Å². The number of nitrogens with zero attached hydrogens (tertiary/aromatic N) is 1. The first-order chi connectivity index (χ1) is 9.27. The average molecular weight is 294 g/mol. The molecule has 0 spiro atoms. The van der Waals surface area contributed by atoms with Gasteiger partial charge in [-0.3, -0.25) is 4.90 Å². The fraction of sp³-hybridized carbons (Fsp3) is 1.00. The van der Waals surface area contributed by atoms with Crippen molar-refractivity contribution < 1.29 is 17.9 Å². The second-order valence-corrected chi connectivity index (χ2v) is 6.43. The van der Waals surface area contributed by atoms with Crippen LogP contribution in [0.25, 0.3) is 0 Å². The van der Waals surface area contributed by atoms with E-state index >= 15 is 0 Å². The van der Waals surface area contributed by atoms with Crippen molar-refractivity contribution >= 4 is 0 Å². The van der Waals surface area contributed by atoms with Crippen LogP contribution in [-0.2, 0) is 4.74 Å². The molecule has 0 radical (unpaired) electrons. The molecule has 2 fully saturated rings. The van der Waals surface area contributed by atoms with Gasteiger partial charge in [0.05, 0.1) is 18.1 Å². The van der Waals surface area contributed by atoms with Crippen LogP contribution in [0.5, 0.6) is 0 Å². The number of hydrogen-bond donors (Lipinski definition) is 1. The molecule has 0 amide bonds. The van der Waals surface area contributed by atoms with E-state index in [1.165, 1.54) is 0 Å². The molecule has 1 aliphatic carbocycles. The van der Waals surface area contributed by atoms with Crippen molar-refractivity contribution in [3.8, 4) is 0 Å². The first kappa shape index (κ1) is 16.0. The normalized spacial score (nSPS) is 40.8. The Hall–Kier alpha value is -0.330. The van der Waals surface area contributed by atoms with Crippen LogP contribution in [-0.4, -0.2) is 48.5 Å². The van der Waals surface area contributed by atoms with Gasteiger partial charge in [-0.25, -0.2) is 0 Å². The fourth-order valence-corrected chi connectivity index (χ4v) is 3.79. The van der Waals surface area contributed by atoms with Gasteiger partial charge >= 0.3 is 6.18 Å². The SMILES string of the molecule is CC1CN(C2(CN)CCCC(C(F)(F)F)C2)CC(C)O1. The van der Waals surface area contributed by atoms with Gasteiger partial charge in [-0.1, -0.05) is 6.42 Å². The second kappa shape index (κ2) is 5.81. The third-order valence-corrected chi connectivity index (χ3v) is 4.75. The minimum Gasteiger partial charge on any atom is -0.373 e. The van der Waals surface area contributed by atoms with E-state index in [9.17, 15) is 13.2 Å². The molecule has 1 saturated carbocycles. The van der Waals surface area contributed by atoms with Crippen LogP contribution in [0, 0.1) is 5.92 Å². The molecule has 2 N–H and O–H groups in total. The predicted molar refractivity (Wildman–Crippen MR) is 71.4 cm³/mol. The van der Waals surface area contributed by atoms with E-state index in [1.54, 1.807) is 0 Å². The summed E-state index contributed by atoms with van der Waals surface area (Å²) in [6, 6.07) is 0. The van der Waals surface area contributed by atoms with E-state index < -0.39 is 17.6 Å². The first-order valence-corrected chi connectivity index (χ1v) is 7.44. The van der Waals surface area contributed by atoms with E-state index in [0.717, 1.165) is 6.42 Å². The average Bonchev–Trinajstić information content (AvgIpc) is 2.36. The zero-order valence-corrected chi connectivity index (χ0v) is 12.2. The highest BCUT2D eigenvalue weighted by Gasteiger charge is 2.50. The lowest BCUT2D eigenvalue weighted by molar-refractivity contribution is -0.199. The summed E-state index contributed by atoms with van der Waals surface area (Å²) in [5, 5.41) is 0. The molecule has 0 bridgehead atoms. The number of morpholine rings is 1. The molecular weight excluding hydrogens is 269 g/mol. The maximum Gasteiger partial charge on any atom is 0.391 e. The standard InChI is InChI=1S/C14H25F3N2O/c1-10-7-19(8-11(2)20-10)13(9-18)5-3-4-12(6-13)14(15,16)17/h10-12H,3-9,18H2,1-2H3. The van der Waals surface area contributed by atoms with Crippen molar-refractivity contribution in [2.24, 2.45) is 11.7 Å². The summed E-state index contributed by atoms with van der Waals surface area (Å²) in [5.74, 6) is -1.21. The van der Waals surface area contributed by atoms with E-state index in [1.807, 2.05) is 13.8 Å². The summed E-state index contributed by atoms with van der Waals surface area (Å²) in [6.07, 6.45) is -2.28. The quantitative estimate of drug-likeness (QED) is 0.850. The van der Waals surface area contributed by atoms with Crippen LogP contribution in [0.4, 0.5) is 13.2 Å². The Balaban J connectivity index is 2.15. The summed E-state index contributed by atoms with van der Waals surface area (Å²) in [4.78, 5) is 2.16. The molecule has 118 valence electrons. The molecule has 6 heteroatoms. The number of nitrogens with two attached hydrogens (primary N) is 1. The van der Waals surface area contributed by atoms with E-state index in [2.05, 4.69) is 4.90 Å². The molecule has 0 aromatic heterocycles. The van der Waals surface area contributed by atoms with Crippen LogP contribution in [0.15, 0.2) is 0 Å². The lowest BCUT2D eigenvalue weighted by Gasteiger charge is -2.51. The topological polar surface area (TPSA) is 38.5 Å². The Morgan fingerprint density at radius 2 is 1.85 bits per heavy atom. The lowest BCUT2D eigenvalue weighted by Crippen LogP contribution is -2.62. The van der Waals surface area contributed by atoms with Gasteiger partial charge in [0.2, 0.25) is 0 Å². The van der Waals surface area contributed by atoms with Crippen molar-refractivity contribution in [3.63, 3.8) is 0 Å². The second-order valence-electron chi connectivity index (χ2n) is 6.43. The number of alkyl halides is 3. The van der Waals surface area contributed by atoms with Gasteiger partial charge in [0.1, 0.15) is 0 Å². The molecular formula is C14H25F3N2O. The van der Waals surface area contributed by atoms with E-state index in [0.29, 0.717) is 26.1 Å². The van der Waals surface area contributed by atoms with Gasteiger partial charge in [0, 0.05) is 25.2 Å². The molecule has 2 rings (SSSR count). The fourth-order valence-electron chi connectivity index (χ4n) is 3.79. The third kappa shape index (κ3) is 3.28. The number of hydrogen-bond acceptors (Lipinski definition) is 3. The molecule has 0 aromatic carbocycles. The maximum absolute atomic E-state index is 13.1. The monoisotopic (exact) mass is 294 g/mol. The number of halogens is 3. The Morgan fingerprint density at radius 1 is 1.25 bits per heavy atom. The van der Waals surface area contributed by atoms with Gasteiger partial charge in [-0.2, -0.15) is 13.2 Å². The highest BCUT2D eigenvalue weighted by atomic mass is 19.4. The van der Waals surface area contributed by atoms with Gasteiger partial charge in [-0.15, -0.1) is 0 Å². The molecule has 2 aliphatic rings. The number of rotatable bonds is 2. The van der Waals surface area contributed by atoms with Crippen LogP contribution in [0.1, 0.15) is 39.5 Å². The molecule has 20 heavy (non-hydrogen) atoms. The lowest BCUT2D eigenvalue weighted by atomic mass is 9.73. The highest BCUT2D eigenvalue weighted by molar-refractivity contribution is 4.99. The minimum absolute atomic E-state index is 0.0495. The first-order valence-electron chi connectivity index (χ1n) is 7.44. The summed E-state index contributed by atoms with van der Waals surface area (Å²) in [5.41, 5.74) is 5.41. The largest absolute Gasteiger partial charge is 0.391 e. The van der Waals surface area contributed by atoms with Gasteiger partial charge in [0.25, 0.3) is 0 Å². The van der Waals surface area contributed by atoms with E-state index in [-0.39, 0.29) is 25.0 Å². The zero-order valence-electron chi connectivity index (χ0n) is 12.2. The molecule has 4 atom stereocenters. The van der Waals surface area contributed by atoms with E-state index in [4.69, 9.17) is 10.5 Å². The van der Waals surface area contributed by atoms with Crippen molar-refractivity contribution in [1.82, 2.24) is 4.90 Å². The molecule has 1 saturated heterocycles. The molecule has 3 nitrogen and oxygen atoms in total. The summed E-state index contributed by atoms with van der Waals surface area (Å²) >= 11 is 0. The Morgan fingerprint density at radius 3 is 2.35 bits per heavy atom. The highest BCUT2D eigenvalue weighted by Crippen LogP contribution is 2.44. The summed E-state index contributed by atoms with van der Waals surface area (Å²) in [7, 11) is 0. The van der Waals surface area contributed by atoms with Crippen LogP contribution >= 0.6 is 0 Å². The van der Waals surface area contributed by atoms with Crippen molar-refractivity contribution in [2.75, 3.05) is 19.6 Å². The zero-order chi connectivity index (χ0) is 15.0. The Kier molecular flexibility index (Phi) is 4.66. The van der Waals surface area contributed by atoms with Crippen molar-refractivity contribution in [1.29, 1.82) is 0 Å². The smallest absolute Gasteiger partial charge is 0.373 e. The molecule has 1 heterocycles. The van der Waals surface area contributed by atoms with Crippen LogP contribution in [0.2, 0.25) is 0 Å². The minimum atomic E-state index is -4.11. The maximum atomic E-state index is 13.1. The third-order valence-electron chi connectivity index (χ3n) is 4.75. The molecule has 1 aliphatic heterocycles. The molecule has 0 aromatic rings. The van der Waals surface area contributed by atoms with Gasteiger partial charge < -0.3 is 10.5 Å². The Labute approximate surface area is 118 Å². The van der Waals surface area contributed by atoms with Crippen LogP contribution < -0.4 is 5.73 Å². The van der Waals surface area contributed by atoms with Gasteiger partial charge in [0.15, 0.2) is 0 Å².